The van der Waals surface area contributed by atoms with Gasteiger partial charge in [0.05, 0.1) is 22.5 Å². The highest BCUT2D eigenvalue weighted by molar-refractivity contribution is 7.91. The van der Waals surface area contributed by atoms with Crippen molar-refractivity contribution in [1.29, 1.82) is 0 Å². The number of amides is 1. The number of hydrogen-bond donors (Lipinski definition) is 2. The molecular weight excluding hydrogens is 330 g/mol. The lowest BCUT2D eigenvalue weighted by Gasteiger charge is -2.19. The second-order valence-corrected chi connectivity index (χ2v) is 9.28. The Morgan fingerprint density at radius 3 is 2.21 bits per heavy atom. The van der Waals surface area contributed by atoms with Crippen molar-refractivity contribution in [1.82, 2.24) is 5.32 Å². The fourth-order valence-corrected chi connectivity index (χ4v) is 3.63. The van der Waals surface area contributed by atoms with Crippen LogP contribution in [0.4, 0.5) is 0 Å². The van der Waals surface area contributed by atoms with Crippen molar-refractivity contribution < 1.29 is 23.1 Å². The molecule has 2 rings (SSSR count). The standard InChI is InChI=1S/C17H23NO5S/c1-17(2,3)11-4-6-12(7-5-11)24(22,23)9-8-18-15(19)13-10-14(13)16(20)21/h4-7,13-14H,8-10H2,1-3H3,(H,18,19)(H,20,21)/t13-,14+/m1/s1. The average Bonchev–Trinajstić information content (AvgIpc) is 3.27. The number of hydrogen-bond acceptors (Lipinski definition) is 4. The summed E-state index contributed by atoms with van der Waals surface area (Å²) in [4.78, 5) is 22.7. The zero-order chi connectivity index (χ0) is 18.1. The fourth-order valence-electron chi connectivity index (χ4n) is 2.48. The van der Waals surface area contributed by atoms with Crippen LogP contribution in [-0.2, 0) is 24.8 Å². The maximum Gasteiger partial charge on any atom is 0.307 e. The molecule has 1 aliphatic rings. The fraction of sp³-hybridized carbons (Fsp3) is 0.529. The highest BCUT2D eigenvalue weighted by atomic mass is 32.2. The van der Waals surface area contributed by atoms with Crippen LogP contribution in [0.2, 0.25) is 0 Å². The van der Waals surface area contributed by atoms with Crippen molar-refractivity contribution in [3.63, 3.8) is 0 Å². The Hall–Kier alpha value is -1.89. The number of aliphatic carboxylic acids is 1. The molecule has 0 unspecified atom stereocenters. The molecule has 1 amide bonds. The zero-order valence-electron chi connectivity index (χ0n) is 14.1. The van der Waals surface area contributed by atoms with Gasteiger partial charge < -0.3 is 10.4 Å². The summed E-state index contributed by atoms with van der Waals surface area (Å²) in [6.07, 6.45) is 0.322. The molecule has 1 aromatic rings. The number of nitrogens with one attached hydrogen (secondary N) is 1. The summed E-state index contributed by atoms with van der Waals surface area (Å²) < 4.78 is 24.6. The SMILES string of the molecule is CC(C)(C)c1ccc(S(=O)(=O)CCNC(=O)[C@@H]2C[C@@H]2C(=O)O)cc1. The lowest BCUT2D eigenvalue weighted by atomic mass is 9.87. The minimum atomic E-state index is -3.48. The van der Waals surface area contributed by atoms with Crippen LogP contribution < -0.4 is 5.32 Å². The Bertz CT molecular complexity index is 731. The van der Waals surface area contributed by atoms with Crippen molar-refractivity contribution in [2.75, 3.05) is 12.3 Å². The van der Waals surface area contributed by atoms with Crippen molar-refractivity contribution in [3.05, 3.63) is 29.8 Å². The first kappa shape index (κ1) is 18.4. The van der Waals surface area contributed by atoms with Crippen LogP contribution in [0.5, 0.6) is 0 Å². The predicted molar refractivity (Wildman–Crippen MR) is 89.4 cm³/mol. The van der Waals surface area contributed by atoms with E-state index in [1.807, 2.05) is 20.8 Å². The van der Waals surface area contributed by atoms with Gasteiger partial charge >= 0.3 is 5.97 Å². The molecule has 7 heteroatoms. The molecule has 0 aromatic heterocycles. The van der Waals surface area contributed by atoms with Gasteiger partial charge in [-0.1, -0.05) is 32.9 Å². The molecule has 0 radical (unpaired) electrons. The molecule has 1 saturated carbocycles. The Kier molecular flexibility index (Phi) is 5.03. The van der Waals surface area contributed by atoms with Crippen LogP contribution in [-0.4, -0.2) is 37.7 Å². The first-order valence-electron chi connectivity index (χ1n) is 7.86. The Labute approximate surface area is 142 Å². The van der Waals surface area contributed by atoms with E-state index in [4.69, 9.17) is 5.11 Å². The van der Waals surface area contributed by atoms with Gasteiger partial charge in [0, 0.05) is 6.54 Å². The topological polar surface area (TPSA) is 101 Å². The normalized spacial score (nSPS) is 20.5. The van der Waals surface area contributed by atoms with Crippen molar-refractivity contribution in [2.45, 2.75) is 37.5 Å². The van der Waals surface area contributed by atoms with E-state index in [2.05, 4.69) is 5.32 Å². The molecule has 1 aromatic carbocycles. The van der Waals surface area contributed by atoms with Crippen LogP contribution in [0.3, 0.4) is 0 Å². The van der Waals surface area contributed by atoms with Gasteiger partial charge in [-0.3, -0.25) is 9.59 Å². The van der Waals surface area contributed by atoms with E-state index in [0.717, 1.165) is 5.56 Å². The van der Waals surface area contributed by atoms with Gasteiger partial charge in [-0.05, 0) is 29.5 Å². The molecule has 0 saturated heterocycles. The molecule has 0 bridgehead atoms. The van der Waals surface area contributed by atoms with Gasteiger partial charge in [0.25, 0.3) is 0 Å². The Morgan fingerprint density at radius 1 is 1.17 bits per heavy atom. The van der Waals surface area contributed by atoms with Gasteiger partial charge in [-0.2, -0.15) is 0 Å². The van der Waals surface area contributed by atoms with Crippen LogP contribution in [0.15, 0.2) is 29.2 Å². The van der Waals surface area contributed by atoms with Crippen molar-refractivity contribution in [3.8, 4) is 0 Å². The van der Waals surface area contributed by atoms with Gasteiger partial charge in [0.1, 0.15) is 0 Å². The molecule has 2 atom stereocenters. The minimum Gasteiger partial charge on any atom is -0.481 e. The third-order valence-corrected chi connectivity index (χ3v) is 5.93. The largest absolute Gasteiger partial charge is 0.481 e. The number of benzene rings is 1. The molecule has 6 nitrogen and oxygen atoms in total. The van der Waals surface area contributed by atoms with Gasteiger partial charge in [0.2, 0.25) is 5.91 Å². The maximum atomic E-state index is 12.3. The van der Waals surface area contributed by atoms with Crippen LogP contribution in [0, 0.1) is 11.8 Å². The maximum absolute atomic E-state index is 12.3. The van der Waals surface area contributed by atoms with Crippen LogP contribution in [0.1, 0.15) is 32.8 Å². The monoisotopic (exact) mass is 353 g/mol. The summed E-state index contributed by atoms with van der Waals surface area (Å²) in [5, 5.41) is 11.3. The van der Waals surface area contributed by atoms with E-state index in [-0.39, 0.29) is 28.5 Å². The number of carbonyl (C=O) groups is 2. The summed E-state index contributed by atoms with van der Waals surface area (Å²) >= 11 is 0. The van der Waals surface area contributed by atoms with Crippen LogP contribution >= 0.6 is 0 Å². The van der Waals surface area contributed by atoms with E-state index in [0.29, 0.717) is 6.42 Å². The molecule has 0 heterocycles. The highest BCUT2D eigenvalue weighted by Gasteiger charge is 2.48. The summed E-state index contributed by atoms with van der Waals surface area (Å²) in [5.41, 5.74) is 0.990. The number of carboxylic acid groups (broad SMARTS) is 1. The first-order valence-corrected chi connectivity index (χ1v) is 9.51. The quantitative estimate of drug-likeness (QED) is 0.809. The smallest absolute Gasteiger partial charge is 0.307 e. The lowest BCUT2D eigenvalue weighted by Crippen LogP contribution is -2.31. The van der Waals surface area contributed by atoms with E-state index in [1.165, 1.54) is 0 Å². The number of carboxylic acids is 1. The van der Waals surface area contributed by atoms with E-state index in [9.17, 15) is 18.0 Å². The summed E-state index contributed by atoms with van der Waals surface area (Å²) in [7, 11) is -3.48. The summed E-state index contributed by atoms with van der Waals surface area (Å²) in [6, 6.07) is 6.76. The zero-order valence-corrected chi connectivity index (χ0v) is 14.9. The first-order chi connectivity index (χ1) is 11.0. The molecule has 132 valence electrons. The van der Waals surface area contributed by atoms with Gasteiger partial charge in [-0.25, -0.2) is 8.42 Å². The summed E-state index contributed by atoms with van der Waals surface area (Å²) in [6.45, 7) is 6.13. The van der Waals surface area contributed by atoms with Gasteiger partial charge in [-0.15, -0.1) is 0 Å². The second kappa shape index (κ2) is 6.55. The molecule has 0 aliphatic heterocycles. The third kappa shape index (κ3) is 4.35. The van der Waals surface area contributed by atoms with Crippen molar-refractivity contribution >= 4 is 21.7 Å². The molecule has 1 fully saturated rings. The molecular formula is C17H23NO5S. The van der Waals surface area contributed by atoms with Crippen molar-refractivity contribution in [2.24, 2.45) is 11.8 Å². The number of rotatable bonds is 6. The summed E-state index contributed by atoms with van der Waals surface area (Å²) in [5.74, 6) is -2.75. The Morgan fingerprint density at radius 2 is 1.75 bits per heavy atom. The number of sulfone groups is 1. The third-order valence-electron chi connectivity index (χ3n) is 4.19. The predicted octanol–water partition coefficient (Wildman–Crippen LogP) is 1.59. The van der Waals surface area contributed by atoms with E-state index in [1.54, 1.807) is 24.3 Å². The Balaban J connectivity index is 1.90. The molecule has 1 aliphatic carbocycles. The number of carbonyl (C=O) groups excluding carboxylic acids is 1. The molecule has 0 spiro atoms. The highest BCUT2D eigenvalue weighted by Crippen LogP contribution is 2.38. The van der Waals surface area contributed by atoms with Crippen LogP contribution in [0.25, 0.3) is 0 Å². The average molecular weight is 353 g/mol. The second-order valence-electron chi connectivity index (χ2n) is 7.17. The molecule has 2 N–H and O–H groups in total. The van der Waals surface area contributed by atoms with E-state index >= 15 is 0 Å². The minimum absolute atomic E-state index is 0.0228. The van der Waals surface area contributed by atoms with E-state index < -0.39 is 27.6 Å². The molecule has 24 heavy (non-hydrogen) atoms. The van der Waals surface area contributed by atoms with Gasteiger partial charge in [0.15, 0.2) is 9.84 Å². The lowest BCUT2D eigenvalue weighted by molar-refractivity contribution is -0.140.